The Morgan fingerprint density at radius 2 is 1.94 bits per heavy atom. The van der Waals surface area contributed by atoms with Crippen molar-refractivity contribution in [2.75, 3.05) is 0 Å². The van der Waals surface area contributed by atoms with Crippen molar-refractivity contribution in [1.29, 1.82) is 0 Å². The molecule has 0 unspecified atom stereocenters. The summed E-state index contributed by atoms with van der Waals surface area (Å²) < 4.78 is 33.8. The van der Waals surface area contributed by atoms with Gasteiger partial charge in [0.05, 0.1) is 11.5 Å². The van der Waals surface area contributed by atoms with Gasteiger partial charge in [0.1, 0.15) is 0 Å². The van der Waals surface area contributed by atoms with Gasteiger partial charge in [-0.2, -0.15) is 0 Å². The Kier molecular flexibility index (Phi) is 2.03. The van der Waals surface area contributed by atoms with Crippen molar-refractivity contribution in [2.45, 2.75) is 16.5 Å². The number of sulfone groups is 1. The molecule has 3 atom stereocenters. The zero-order chi connectivity index (χ0) is 13.0. The number of hydrogen-bond donors (Lipinski definition) is 0. The number of rotatable bonds is 2. The molecule has 1 aromatic carbocycles. The second-order valence-corrected chi connectivity index (χ2v) is 6.46. The molecule has 2 nitrogen and oxygen atoms in total. The van der Waals surface area contributed by atoms with Crippen LogP contribution in [0.2, 0.25) is 0 Å². The van der Waals surface area contributed by atoms with E-state index in [0.29, 0.717) is 12.0 Å². The van der Waals surface area contributed by atoms with Crippen molar-refractivity contribution in [1.82, 2.24) is 0 Å². The molecule has 0 N–H and O–H groups in total. The van der Waals surface area contributed by atoms with Crippen molar-refractivity contribution >= 4 is 9.84 Å². The Morgan fingerprint density at radius 1 is 1.24 bits per heavy atom. The van der Waals surface area contributed by atoms with Gasteiger partial charge in [-0.1, -0.05) is 42.5 Å². The predicted molar refractivity (Wildman–Crippen MR) is 67.3 cm³/mol. The van der Waals surface area contributed by atoms with Gasteiger partial charge >= 0.3 is 0 Å². The molecule has 0 spiro atoms. The second kappa shape index (κ2) is 3.57. The first-order valence-electron chi connectivity index (χ1n) is 6.15. The van der Waals surface area contributed by atoms with Crippen LogP contribution in [0.3, 0.4) is 0 Å². The molecule has 0 aromatic heterocycles. The molecule has 0 heterocycles. The third-order valence-electron chi connectivity index (χ3n) is 3.53. The lowest BCUT2D eigenvalue weighted by Gasteiger charge is -2.20. The van der Waals surface area contributed by atoms with Gasteiger partial charge in [-0.15, -0.1) is 0 Å². The summed E-state index contributed by atoms with van der Waals surface area (Å²) in [6.07, 6.45) is 4.53. The van der Waals surface area contributed by atoms with Crippen molar-refractivity contribution in [3.05, 3.63) is 54.6 Å². The van der Waals surface area contributed by atoms with E-state index in [1.165, 1.54) is 0 Å². The third kappa shape index (κ3) is 1.49. The summed E-state index contributed by atoms with van der Waals surface area (Å²) in [5.74, 6) is -0.216. The molecule has 2 bridgehead atoms. The summed E-state index contributed by atoms with van der Waals surface area (Å²) in [6, 6.07) is 8.23. The summed E-state index contributed by atoms with van der Waals surface area (Å²) in [5, 5.41) is -1.59. The molecular formula is C14H14O2S. The minimum absolute atomic E-state index is 0.0472. The molecule has 0 saturated heterocycles. The molecule has 0 radical (unpaired) electrons. The fraction of sp³-hybridized carbons (Fsp3) is 0.286. The molecule has 1 saturated carbocycles. The maximum absolute atomic E-state index is 12.7. The van der Waals surface area contributed by atoms with Gasteiger partial charge in [0.25, 0.3) is 0 Å². The molecule has 17 heavy (non-hydrogen) atoms. The first-order valence-corrected chi connectivity index (χ1v) is 7.13. The first kappa shape index (κ1) is 9.66. The highest BCUT2D eigenvalue weighted by molar-refractivity contribution is 7.92. The maximum Gasteiger partial charge on any atom is 0.185 e. The summed E-state index contributed by atoms with van der Waals surface area (Å²) in [7, 11) is -3.70. The van der Waals surface area contributed by atoms with Crippen LogP contribution in [0.25, 0.3) is 0 Å². The molecule has 2 aliphatic carbocycles. The van der Waals surface area contributed by atoms with Crippen LogP contribution in [0.15, 0.2) is 59.5 Å². The van der Waals surface area contributed by atoms with Crippen molar-refractivity contribution in [3.8, 4) is 0 Å². The van der Waals surface area contributed by atoms with Crippen LogP contribution in [0.1, 0.15) is 7.79 Å². The predicted octanol–water partition coefficient (Wildman–Crippen LogP) is 2.59. The summed E-state index contributed by atoms with van der Waals surface area (Å²) in [6.45, 7) is 3.86. The molecule has 1 fully saturated rings. The van der Waals surface area contributed by atoms with Crippen LogP contribution in [0, 0.1) is 11.8 Å². The number of benzene rings is 1. The number of allylic oxidation sites excluding steroid dienone is 2. The first-order chi connectivity index (χ1) is 8.48. The van der Waals surface area contributed by atoms with Crippen LogP contribution in [0.5, 0.6) is 0 Å². The molecular weight excluding hydrogens is 232 g/mol. The standard InChI is InChI=1S/C14H14O2S/c1-10-11-7-8-12(9-11)14(10)17(15,16)13-5-3-2-4-6-13/h2-8,11-12,14H,1,9H2/t11-,12+,14+/m0/s1/i14D. The summed E-state index contributed by atoms with van der Waals surface area (Å²) in [5.41, 5.74) is 0.513. The molecule has 0 aliphatic heterocycles. The fourth-order valence-electron chi connectivity index (χ4n) is 2.67. The largest absolute Gasteiger partial charge is 0.223 e. The van der Waals surface area contributed by atoms with Gasteiger partial charge in [0, 0.05) is 0 Å². The van der Waals surface area contributed by atoms with Gasteiger partial charge in [-0.05, 0) is 30.4 Å². The lowest BCUT2D eigenvalue weighted by Crippen LogP contribution is -2.27. The van der Waals surface area contributed by atoms with Crippen LogP contribution >= 0.6 is 0 Å². The zero-order valence-corrected chi connectivity index (χ0v) is 10.2. The average molecular weight is 247 g/mol. The van der Waals surface area contributed by atoms with Crippen molar-refractivity contribution in [2.24, 2.45) is 11.8 Å². The highest BCUT2D eigenvalue weighted by atomic mass is 32.2. The monoisotopic (exact) mass is 247 g/mol. The van der Waals surface area contributed by atoms with Crippen LogP contribution in [-0.4, -0.2) is 13.6 Å². The molecule has 2 aliphatic rings. The van der Waals surface area contributed by atoms with Crippen LogP contribution < -0.4 is 0 Å². The van der Waals surface area contributed by atoms with E-state index >= 15 is 0 Å². The van der Waals surface area contributed by atoms with Crippen molar-refractivity contribution in [3.63, 3.8) is 0 Å². The minimum Gasteiger partial charge on any atom is -0.223 e. The maximum atomic E-state index is 12.7. The number of hydrogen-bond acceptors (Lipinski definition) is 2. The molecule has 3 heteroatoms. The van der Waals surface area contributed by atoms with E-state index in [4.69, 9.17) is 1.37 Å². The third-order valence-corrected chi connectivity index (χ3v) is 5.56. The Morgan fingerprint density at radius 3 is 2.53 bits per heavy atom. The van der Waals surface area contributed by atoms with Gasteiger partial charge in [-0.3, -0.25) is 0 Å². The zero-order valence-electron chi connectivity index (χ0n) is 10.3. The Hall–Kier alpha value is -1.35. The Bertz CT molecular complexity index is 633. The second-order valence-electron chi connectivity index (χ2n) is 4.54. The van der Waals surface area contributed by atoms with Gasteiger partial charge in [0.15, 0.2) is 9.84 Å². The lowest BCUT2D eigenvalue weighted by molar-refractivity contribution is 0.573. The topological polar surface area (TPSA) is 34.1 Å². The SMILES string of the molecule is [2H][C@@]1(S(=O)(=O)c2ccccc2)C(=C)[C@H]2C=C[C@@H]1C2. The van der Waals surface area contributed by atoms with E-state index < -0.39 is 15.1 Å². The summed E-state index contributed by atoms with van der Waals surface area (Å²) >= 11 is 0. The molecule has 3 rings (SSSR count). The molecule has 1 aromatic rings. The highest BCUT2D eigenvalue weighted by Crippen LogP contribution is 2.47. The Balaban J connectivity index is 2.16. The van der Waals surface area contributed by atoms with E-state index in [1.54, 1.807) is 30.3 Å². The van der Waals surface area contributed by atoms with Crippen LogP contribution in [-0.2, 0) is 9.84 Å². The van der Waals surface area contributed by atoms with E-state index in [2.05, 4.69) is 6.58 Å². The van der Waals surface area contributed by atoms with Crippen molar-refractivity contribution < 1.29 is 9.79 Å². The smallest absolute Gasteiger partial charge is 0.185 e. The Labute approximate surface area is 103 Å². The van der Waals surface area contributed by atoms with E-state index in [1.807, 2.05) is 12.2 Å². The summed E-state index contributed by atoms with van der Waals surface area (Å²) in [4.78, 5) is 0.210. The molecule has 88 valence electrons. The van der Waals surface area contributed by atoms with E-state index in [9.17, 15) is 8.42 Å². The number of fused-ring (bicyclic) bond motifs is 2. The normalized spacial score (nSPS) is 36.2. The molecule has 0 amide bonds. The van der Waals surface area contributed by atoms with E-state index in [-0.39, 0.29) is 16.7 Å². The highest BCUT2D eigenvalue weighted by Gasteiger charge is 2.46. The van der Waals surface area contributed by atoms with Crippen LogP contribution in [0.4, 0.5) is 0 Å². The lowest BCUT2D eigenvalue weighted by atomic mass is 10.0. The average Bonchev–Trinajstić information content (AvgIpc) is 2.94. The van der Waals surface area contributed by atoms with Gasteiger partial charge in [0.2, 0.25) is 0 Å². The van der Waals surface area contributed by atoms with E-state index in [0.717, 1.165) is 0 Å². The van der Waals surface area contributed by atoms with Gasteiger partial charge in [-0.25, -0.2) is 8.42 Å². The quantitative estimate of drug-likeness (QED) is 0.753. The fourth-order valence-corrected chi connectivity index (χ4v) is 4.51. The van der Waals surface area contributed by atoms with Gasteiger partial charge < -0.3 is 0 Å². The minimum atomic E-state index is -3.70.